The molecule has 1 aromatic rings. The molecule has 0 aromatic heterocycles. The van der Waals surface area contributed by atoms with Gasteiger partial charge in [0.25, 0.3) is 0 Å². The number of rotatable bonds is 3. The topological polar surface area (TPSA) is 55.1 Å². The standard InChI is InChI=1S/C13H16BrClN2O/c14-9-3-4-10(15)11(7-9)17-12(18)8-13(16)5-1-2-6-13/h3-4,7H,1-2,5-6,8,16H2,(H,17,18). The zero-order valence-corrected chi connectivity index (χ0v) is 12.4. The van der Waals surface area contributed by atoms with Gasteiger partial charge in [-0.05, 0) is 31.0 Å². The number of anilines is 1. The van der Waals surface area contributed by atoms with Crippen molar-refractivity contribution in [1.29, 1.82) is 0 Å². The van der Waals surface area contributed by atoms with E-state index < -0.39 is 0 Å². The molecule has 0 bridgehead atoms. The molecule has 1 fully saturated rings. The van der Waals surface area contributed by atoms with E-state index in [1.165, 1.54) is 0 Å². The van der Waals surface area contributed by atoms with Crippen molar-refractivity contribution >= 4 is 39.1 Å². The summed E-state index contributed by atoms with van der Waals surface area (Å²) in [7, 11) is 0. The molecule has 0 spiro atoms. The second-order valence-electron chi connectivity index (χ2n) is 4.92. The number of carbonyl (C=O) groups is 1. The van der Waals surface area contributed by atoms with Crippen molar-refractivity contribution in [2.24, 2.45) is 5.73 Å². The summed E-state index contributed by atoms with van der Waals surface area (Å²) in [6, 6.07) is 5.37. The Morgan fingerprint density at radius 1 is 1.44 bits per heavy atom. The first-order valence-electron chi connectivity index (χ1n) is 6.02. The number of hydrogen-bond acceptors (Lipinski definition) is 2. The van der Waals surface area contributed by atoms with Gasteiger partial charge in [-0.1, -0.05) is 40.4 Å². The number of halogens is 2. The van der Waals surface area contributed by atoms with E-state index in [0.29, 0.717) is 17.1 Å². The summed E-state index contributed by atoms with van der Waals surface area (Å²) in [5.74, 6) is -0.0700. The Kier molecular flexibility index (Phi) is 4.30. The van der Waals surface area contributed by atoms with Crippen LogP contribution in [0.4, 0.5) is 5.69 Å². The number of nitrogens with one attached hydrogen (secondary N) is 1. The van der Waals surface area contributed by atoms with Gasteiger partial charge in [0.15, 0.2) is 0 Å². The molecule has 3 nitrogen and oxygen atoms in total. The van der Waals surface area contributed by atoms with Crippen LogP contribution in [0.25, 0.3) is 0 Å². The summed E-state index contributed by atoms with van der Waals surface area (Å²) in [5.41, 5.74) is 6.47. The zero-order chi connectivity index (χ0) is 13.2. The van der Waals surface area contributed by atoms with Crippen LogP contribution in [0, 0.1) is 0 Å². The van der Waals surface area contributed by atoms with Gasteiger partial charge in [-0.3, -0.25) is 4.79 Å². The molecule has 98 valence electrons. The lowest BCUT2D eigenvalue weighted by Gasteiger charge is -2.22. The molecule has 0 radical (unpaired) electrons. The molecular formula is C13H16BrClN2O. The largest absolute Gasteiger partial charge is 0.325 e. The molecule has 0 atom stereocenters. The van der Waals surface area contributed by atoms with Crippen LogP contribution in [-0.2, 0) is 4.79 Å². The lowest BCUT2D eigenvalue weighted by atomic mass is 9.94. The lowest BCUT2D eigenvalue weighted by Crippen LogP contribution is -2.40. The maximum Gasteiger partial charge on any atom is 0.226 e. The van der Waals surface area contributed by atoms with E-state index in [2.05, 4.69) is 21.2 Å². The highest BCUT2D eigenvalue weighted by Gasteiger charge is 2.31. The van der Waals surface area contributed by atoms with Gasteiger partial charge in [0.2, 0.25) is 5.91 Å². The molecule has 5 heteroatoms. The third-order valence-corrected chi connectivity index (χ3v) is 4.14. The fraction of sp³-hybridized carbons (Fsp3) is 0.462. The van der Waals surface area contributed by atoms with E-state index in [1.807, 2.05) is 6.07 Å². The van der Waals surface area contributed by atoms with Gasteiger partial charge in [0.05, 0.1) is 10.7 Å². The predicted octanol–water partition coefficient (Wildman–Crippen LogP) is 3.70. The SMILES string of the molecule is NC1(CC(=O)Nc2cc(Br)ccc2Cl)CCCC1. The summed E-state index contributed by atoms with van der Waals surface area (Å²) in [6.45, 7) is 0. The van der Waals surface area contributed by atoms with Gasteiger partial charge in [-0.2, -0.15) is 0 Å². The van der Waals surface area contributed by atoms with Crippen LogP contribution in [-0.4, -0.2) is 11.4 Å². The van der Waals surface area contributed by atoms with E-state index in [-0.39, 0.29) is 11.4 Å². The molecule has 18 heavy (non-hydrogen) atoms. The quantitative estimate of drug-likeness (QED) is 0.887. The van der Waals surface area contributed by atoms with E-state index in [9.17, 15) is 4.79 Å². The molecule has 0 aliphatic heterocycles. The summed E-state index contributed by atoms with van der Waals surface area (Å²) in [4.78, 5) is 12.0. The maximum absolute atomic E-state index is 12.0. The van der Waals surface area contributed by atoms with Crippen LogP contribution in [0.3, 0.4) is 0 Å². The first-order chi connectivity index (χ1) is 8.48. The van der Waals surface area contributed by atoms with Gasteiger partial charge < -0.3 is 11.1 Å². The molecule has 1 aliphatic rings. The van der Waals surface area contributed by atoms with Gasteiger partial charge >= 0.3 is 0 Å². The summed E-state index contributed by atoms with van der Waals surface area (Å²) < 4.78 is 0.880. The Bertz CT molecular complexity index is 458. The second kappa shape index (κ2) is 5.59. The van der Waals surface area contributed by atoms with Crippen LogP contribution >= 0.6 is 27.5 Å². The van der Waals surface area contributed by atoms with E-state index >= 15 is 0 Å². The van der Waals surface area contributed by atoms with Gasteiger partial charge in [-0.25, -0.2) is 0 Å². The second-order valence-corrected chi connectivity index (χ2v) is 6.24. The highest BCUT2D eigenvalue weighted by molar-refractivity contribution is 9.10. The van der Waals surface area contributed by atoms with Crippen molar-refractivity contribution < 1.29 is 4.79 Å². The average Bonchev–Trinajstić information content (AvgIpc) is 2.70. The van der Waals surface area contributed by atoms with Crippen molar-refractivity contribution in [1.82, 2.24) is 0 Å². The van der Waals surface area contributed by atoms with Crippen LogP contribution < -0.4 is 11.1 Å². The summed E-state index contributed by atoms with van der Waals surface area (Å²) in [6.07, 6.45) is 4.43. The smallest absolute Gasteiger partial charge is 0.226 e. The molecule has 0 unspecified atom stereocenters. The van der Waals surface area contributed by atoms with Crippen molar-refractivity contribution in [3.05, 3.63) is 27.7 Å². The highest BCUT2D eigenvalue weighted by Crippen LogP contribution is 2.31. The number of benzene rings is 1. The Morgan fingerprint density at radius 3 is 2.78 bits per heavy atom. The van der Waals surface area contributed by atoms with Gasteiger partial charge in [0, 0.05) is 16.4 Å². The lowest BCUT2D eigenvalue weighted by molar-refractivity contribution is -0.117. The average molecular weight is 332 g/mol. The van der Waals surface area contributed by atoms with Crippen molar-refractivity contribution in [2.75, 3.05) is 5.32 Å². The summed E-state index contributed by atoms with van der Waals surface area (Å²) in [5, 5.41) is 3.35. The molecule has 0 heterocycles. The van der Waals surface area contributed by atoms with Crippen LogP contribution in [0.5, 0.6) is 0 Å². The number of amides is 1. The van der Waals surface area contributed by atoms with E-state index in [4.69, 9.17) is 17.3 Å². The Balaban J connectivity index is 2.00. The molecule has 2 rings (SSSR count). The normalized spacial score (nSPS) is 17.7. The maximum atomic E-state index is 12.0. The Morgan fingerprint density at radius 2 is 2.11 bits per heavy atom. The first-order valence-corrected chi connectivity index (χ1v) is 7.19. The molecule has 3 N–H and O–H groups in total. The monoisotopic (exact) mass is 330 g/mol. The molecule has 1 saturated carbocycles. The highest BCUT2D eigenvalue weighted by atomic mass is 79.9. The Labute approximate surface area is 120 Å². The third-order valence-electron chi connectivity index (χ3n) is 3.31. The first kappa shape index (κ1) is 13.8. The summed E-state index contributed by atoms with van der Waals surface area (Å²) >= 11 is 9.38. The molecule has 1 aliphatic carbocycles. The van der Waals surface area contributed by atoms with Crippen LogP contribution in [0.2, 0.25) is 5.02 Å². The Hall–Kier alpha value is -0.580. The van der Waals surface area contributed by atoms with Crippen molar-refractivity contribution in [3.8, 4) is 0 Å². The van der Waals surface area contributed by atoms with E-state index in [0.717, 1.165) is 30.2 Å². The zero-order valence-electron chi connectivity index (χ0n) is 10.0. The fourth-order valence-corrected chi connectivity index (χ4v) is 2.89. The molecule has 1 aromatic carbocycles. The van der Waals surface area contributed by atoms with Crippen LogP contribution in [0.1, 0.15) is 32.1 Å². The molecule has 0 saturated heterocycles. The molecular weight excluding hydrogens is 316 g/mol. The minimum Gasteiger partial charge on any atom is -0.325 e. The minimum atomic E-state index is -0.331. The van der Waals surface area contributed by atoms with E-state index in [1.54, 1.807) is 12.1 Å². The molecule has 1 amide bonds. The van der Waals surface area contributed by atoms with Crippen molar-refractivity contribution in [2.45, 2.75) is 37.6 Å². The van der Waals surface area contributed by atoms with Crippen LogP contribution in [0.15, 0.2) is 22.7 Å². The number of carbonyl (C=O) groups excluding carboxylic acids is 1. The van der Waals surface area contributed by atoms with Gasteiger partial charge in [-0.15, -0.1) is 0 Å². The minimum absolute atomic E-state index is 0.0700. The predicted molar refractivity (Wildman–Crippen MR) is 77.8 cm³/mol. The van der Waals surface area contributed by atoms with Crippen molar-refractivity contribution in [3.63, 3.8) is 0 Å². The third kappa shape index (κ3) is 3.46. The van der Waals surface area contributed by atoms with Gasteiger partial charge in [0.1, 0.15) is 0 Å². The number of hydrogen-bond donors (Lipinski definition) is 2. The fourth-order valence-electron chi connectivity index (χ4n) is 2.36. The number of nitrogens with two attached hydrogens (primary N) is 1.